The van der Waals surface area contributed by atoms with Crippen molar-refractivity contribution >= 4 is 11.7 Å². The molecular formula is C15H20N4O3. The van der Waals surface area contributed by atoms with Gasteiger partial charge in [-0.1, -0.05) is 6.07 Å². The monoisotopic (exact) mass is 304 g/mol. The van der Waals surface area contributed by atoms with Gasteiger partial charge in [-0.3, -0.25) is 0 Å². The number of carbonyl (C=O) groups is 1. The Morgan fingerprint density at radius 2 is 2.27 bits per heavy atom. The molecule has 0 atom stereocenters. The zero-order chi connectivity index (χ0) is 15.8. The van der Waals surface area contributed by atoms with Crippen molar-refractivity contribution in [2.45, 2.75) is 26.4 Å². The molecule has 7 nitrogen and oxygen atoms in total. The van der Waals surface area contributed by atoms with Crippen molar-refractivity contribution in [3.8, 4) is 11.5 Å². The fourth-order valence-electron chi connectivity index (χ4n) is 1.80. The third-order valence-electron chi connectivity index (χ3n) is 2.79. The molecule has 2 rings (SSSR count). The lowest BCUT2D eigenvalue weighted by Crippen LogP contribution is -2.30. The first-order chi connectivity index (χ1) is 10.6. The molecular weight excluding hydrogens is 284 g/mol. The quantitative estimate of drug-likeness (QED) is 0.768. The molecule has 2 N–H and O–H groups in total. The van der Waals surface area contributed by atoms with Gasteiger partial charge in [0.15, 0.2) is 0 Å². The van der Waals surface area contributed by atoms with Gasteiger partial charge in [0.25, 0.3) is 0 Å². The molecule has 0 aliphatic heterocycles. The normalized spacial score (nSPS) is 10.7. The number of hydrogen-bond donors (Lipinski definition) is 2. The highest BCUT2D eigenvalue weighted by Gasteiger charge is 2.06. The van der Waals surface area contributed by atoms with Gasteiger partial charge in [0.1, 0.15) is 0 Å². The third-order valence-corrected chi connectivity index (χ3v) is 2.79. The third kappa shape index (κ3) is 5.17. The summed E-state index contributed by atoms with van der Waals surface area (Å²) in [5.74, 6) is 0.412. The first-order valence-electron chi connectivity index (χ1n) is 7.18. The van der Waals surface area contributed by atoms with E-state index in [-0.39, 0.29) is 12.1 Å². The van der Waals surface area contributed by atoms with Gasteiger partial charge in [-0.15, -0.1) is 10.2 Å². The first kappa shape index (κ1) is 16.0. The minimum atomic E-state index is -0.257. The molecule has 118 valence electrons. The molecule has 2 aromatic rings. The summed E-state index contributed by atoms with van der Waals surface area (Å²) in [4.78, 5) is 11.8. The molecule has 0 aliphatic carbocycles. The number of benzene rings is 1. The van der Waals surface area contributed by atoms with Gasteiger partial charge in [0.05, 0.1) is 6.10 Å². The number of urea groups is 1. The molecule has 0 radical (unpaired) electrons. The van der Waals surface area contributed by atoms with Crippen LogP contribution in [-0.2, 0) is 4.74 Å². The summed E-state index contributed by atoms with van der Waals surface area (Å²) in [6.45, 7) is 5.15. The van der Waals surface area contributed by atoms with Crippen LogP contribution in [0, 0.1) is 0 Å². The second kappa shape index (κ2) is 8.14. The van der Waals surface area contributed by atoms with E-state index in [0.29, 0.717) is 24.7 Å². The van der Waals surface area contributed by atoms with Crippen molar-refractivity contribution < 1.29 is 13.9 Å². The number of nitrogens with one attached hydrogen (secondary N) is 2. The first-order valence-corrected chi connectivity index (χ1v) is 7.18. The SMILES string of the molecule is CC(C)OCCCNC(=O)Nc1cccc(-c2nnco2)c1. The zero-order valence-electron chi connectivity index (χ0n) is 12.7. The maximum absolute atomic E-state index is 11.8. The largest absolute Gasteiger partial charge is 0.423 e. The smallest absolute Gasteiger partial charge is 0.319 e. The van der Waals surface area contributed by atoms with Crippen LogP contribution in [0.1, 0.15) is 20.3 Å². The Hall–Kier alpha value is -2.41. The lowest BCUT2D eigenvalue weighted by atomic mass is 10.2. The van der Waals surface area contributed by atoms with E-state index in [1.54, 1.807) is 12.1 Å². The minimum absolute atomic E-state index is 0.210. The van der Waals surface area contributed by atoms with Crippen molar-refractivity contribution in [2.24, 2.45) is 0 Å². The van der Waals surface area contributed by atoms with Gasteiger partial charge in [-0.2, -0.15) is 0 Å². The highest BCUT2D eigenvalue weighted by molar-refractivity contribution is 5.89. The molecule has 0 fully saturated rings. The van der Waals surface area contributed by atoms with E-state index < -0.39 is 0 Å². The van der Waals surface area contributed by atoms with Gasteiger partial charge in [-0.05, 0) is 38.5 Å². The van der Waals surface area contributed by atoms with Crippen LogP contribution in [0.4, 0.5) is 10.5 Å². The zero-order valence-corrected chi connectivity index (χ0v) is 12.7. The average Bonchev–Trinajstić information content (AvgIpc) is 3.01. The molecule has 0 saturated heterocycles. The fourth-order valence-corrected chi connectivity index (χ4v) is 1.80. The highest BCUT2D eigenvalue weighted by atomic mass is 16.5. The van der Waals surface area contributed by atoms with E-state index in [4.69, 9.17) is 9.15 Å². The Morgan fingerprint density at radius 3 is 3.00 bits per heavy atom. The van der Waals surface area contributed by atoms with Crippen LogP contribution in [-0.4, -0.2) is 35.5 Å². The van der Waals surface area contributed by atoms with E-state index in [0.717, 1.165) is 12.0 Å². The molecule has 0 aliphatic rings. The second-order valence-corrected chi connectivity index (χ2v) is 4.98. The number of aromatic nitrogens is 2. The predicted octanol–water partition coefficient (Wildman–Crippen LogP) is 2.67. The summed E-state index contributed by atoms with van der Waals surface area (Å²) in [6, 6.07) is 6.95. The lowest BCUT2D eigenvalue weighted by molar-refractivity contribution is 0.0775. The van der Waals surface area contributed by atoms with Crippen LogP contribution in [0.25, 0.3) is 11.5 Å². The van der Waals surface area contributed by atoms with Crippen LogP contribution < -0.4 is 10.6 Å². The van der Waals surface area contributed by atoms with Crippen LogP contribution in [0.2, 0.25) is 0 Å². The van der Waals surface area contributed by atoms with Gasteiger partial charge in [0.2, 0.25) is 12.3 Å². The summed E-state index contributed by atoms with van der Waals surface area (Å²) in [5.41, 5.74) is 1.41. The van der Waals surface area contributed by atoms with Crippen molar-refractivity contribution in [1.82, 2.24) is 15.5 Å². The molecule has 22 heavy (non-hydrogen) atoms. The summed E-state index contributed by atoms with van der Waals surface area (Å²) >= 11 is 0. The maximum atomic E-state index is 11.8. The van der Waals surface area contributed by atoms with Crippen molar-refractivity contribution in [3.05, 3.63) is 30.7 Å². The molecule has 0 spiro atoms. The molecule has 1 aromatic heterocycles. The number of ether oxygens (including phenoxy) is 1. The Balaban J connectivity index is 1.78. The van der Waals surface area contributed by atoms with Gasteiger partial charge >= 0.3 is 6.03 Å². The highest BCUT2D eigenvalue weighted by Crippen LogP contribution is 2.20. The minimum Gasteiger partial charge on any atom is -0.423 e. The Bertz CT molecular complexity index is 584. The van der Waals surface area contributed by atoms with Gasteiger partial charge in [0, 0.05) is 24.4 Å². The van der Waals surface area contributed by atoms with Crippen LogP contribution >= 0.6 is 0 Å². The molecule has 0 unspecified atom stereocenters. The average molecular weight is 304 g/mol. The van der Waals surface area contributed by atoms with Crippen LogP contribution in [0.5, 0.6) is 0 Å². The van der Waals surface area contributed by atoms with Crippen LogP contribution in [0.3, 0.4) is 0 Å². The summed E-state index contributed by atoms with van der Waals surface area (Å²) in [5, 5.41) is 13.0. The van der Waals surface area contributed by atoms with Crippen molar-refractivity contribution in [2.75, 3.05) is 18.5 Å². The summed E-state index contributed by atoms with van der Waals surface area (Å²) in [7, 11) is 0. The van der Waals surface area contributed by atoms with E-state index in [2.05, 4.69) is 20.8 Å². The molecule has 7 heteroatoms. The van der Waals surface area contributed by atoms with Crippen LogP contribution in [0.15, 0.2) is 35.1 Å². The predicted molar refractivity (Wildman–Crippen MR) is 82.5 cm³/mol. The molecule has 1 aromatic carbocycles. The Kier molecular flexibility index (Phi) is 5.91. The number of amides is 2. The Morgan fingerprint density at radius 1 is 1.41 bits per heavy atom. The number of carbonyl (C=O) groups excluding carboxylic acids is 1. The summed E-state index contributed by atoms with van der Waals surface area (Å²) in [6.07, 6.45) is 2.25. The standard InChI is InChI=1S/C15H20N4O3/c1-11(2)21-8-4-7-16-15(20)18-13-6-3-5-12(9-13)14-19-17-10-22-14/h3,5-6,9-11H,4,7-8H2,1-2H3,(H2,16,18,20). The number of anilines is 1. The van der Waals surface area contributed by atoms with E-state index in [1.807, 2.05) is 26.0 Å². The van der Waals surface area contributed by atoms with E-state index in [9.17, 15) is 4.79 Å². The fraction of sp³-hybridized carbons (Fsp3) is 0.400. The number of hydrogen-bond acceptors (Lipinski definition) is 5. The Labute approximate surface area is 129 Å². The topological polar surface area (TPSA) is 89.3 Å². The molecule has 0 bridgehead atoms. The number of nitrogens with zero attached hydrogens (tertiary/aromatic N) is 2. The second-order valence-electron chi connectivity index (χ2n) is 4.98. The molecule has 2 amide bonds. The molecule has 1 heterocycles. The number of rotatable bonds is 7. The molecule has 0 saturated carbocycles. The van der Waals surface area contributed by atoms with Gasteiger partial charge in [-0.25, -0.2) is 4.79 Å². The summed E-state index contributed by atoms with van der Waals surface area (Å²) < 4.78 is 10.5. The van der Waals surface area contributed by atoms with Crippen molar-refractivity contribution in [1.29, 1.82) is 0 Å². The van der Waals surface area contributed by atoms with Gasteiger partial charge < -0.3 is 19.8 Å². The van der Waals surface area contributed by atoms with Crippen molar-refractivity contribution in [3.63, 3.8) is 0 Å². The maximum Gasteiger partial charge on any atom is 0.319 e. The van der Waals surface area contributed by atoms with E-state index in [1.165, 1.54) is 6.39 Å². The van der Waals surface area contributed by atoms with E-state index >= 15 is 0 Å². The lowest BCUT2D eigenvalue weighted by Gasteiger charge is -2.09.